The molecule has 6 heteroatoms. The summed E-state index contributed by atoms with van der Waals surface area (Å²) < 4.78 is 28.6. The summed E-state index contributed by atoms with van der Waals surface area (Å²) >= 11 is 0. The lowest BCUT2D eigenvalue weighted by Crippen LogP contribution is -2.49. The molecule has 0 spiro atoms. The van der Waals surface area contributed by atoms with Crippen LogP contribution in [-0.4, -0.2) is 45.1 Å². The molecular weight excluding hydrogens is 314 g/mol. The van der Waals surface area contributed by atoms with Crippen LogP contribution in [0.4, 0.5) is 0 Å². The van der Waals surface area contributed by atoms with Gasteiger partial charge in [0.05, 0.1) is 16.9 Å². The summed E-state index contributed by atoms with van der Waals surface area (Å²) in [4.78, 5) is 12.9. The van der Waals surface area contributed by atoms with Crippen LogP contribution in [-0.2, 0) is 25.8 Å². The Labute approximate surface area is 137 Å². The summed E-state index contributed by atoms with van der Waals surface area (Å²) in [7, 11) is -2.99. The normalized spacial score (nSPS) is 25.8. The lowest BCUT2D eigenvalue weighted by atomic mass is 9.74. The molecule has 2 aliphatic heterocycles. The second-order valence-electron chi connectivity index (χ2n) is 6.63. The van der Waals surface area contributed by atoms with Crippen molar-refractivity contribution in [2.45, 2.75) is 31.7 Å². The van der Waals surface area contributed by atoms with Gasteiger partial charge in [-0.05, 0) is 31.2 Å². The van der Waals surface area contributed by atoms with Crippen LogP contribution in [0.15, 0.2) is 30.3 Å². The van der Waals surface area contributed by atoms with Gasteiger partial charge in [0.25, 0.3) is 0 Å². The van der Waals surface area contributed by atoms with Crippen molar-refractivity contribution in [1.29, 1.82) is 0 Å². The Morgan fingerprint density at radius 1 is 1.22 bits per heavy atom. The molecule has 1 amide bonds. The Bertz CT molecular complexity index is 650. The van der Waals surface area contributed by atoms with E-state index in [1.165, 1.54) is 0 Å². The number of rotatable bonds is 4. The number of sulfone groups is 1. The standard InChI is InChI=1S/C17H23NO4S/c19-16(18-15-6-11-23(20,21)13-15)17(7-9-22-10-8-17)12-14-4-2-1-3-5-14/h1-5,15H,6-13H2,(H,18,19)/t15-/m1/s1. The molecular formula is C17H23NO4S. The second kappa shape index (κ2) is 6.61. The zero-order valence-corrected chi connectivity index (χ0v) is 14.0. The number of hydrogen-bond donors (Lipinski definition) is 1. The van der Waals surface area contributed by atoms with Crippen molar-refractivity contribution in [3.8, 4) is 0 Å². The summed E-state index contributed by atoms with van der Waals surface area (Å²) in [6.45, 7) is 1.15. The monoisotopic (exact) mass is 337 g/mol. The second-order valence-corrected chi connectivity index (χ2v) is 8.86. The molecule has 0 aliphatic carbocycles. The molecule has 0 aromatic heterocycles. The van der Waals surface area contributed by atoms with Gasteiger partial charge in [0.1, 0.15) is 0 Å². The summed E-state index contributed by atoms with van der Waals surface area (Å²) in [6, 6.07) is 9.73. The van der Waals surface area contributed by atoms with Crippen molar-refractivity contribution in [2.75, 3.05) is 24.7 Å². The van der Waals surface area contributed by atoms with E-state index in [0.29, 0.717) is 38.9 Å². The average Bonchev–Trinajstić information content (AvgIpc) is 2.88. The molecule has 0 saturated carbocycles. The van der Waals surface area contributed by atoms with Gasteiger partial charge in [-0.3, -0.25) is 4.79 Å². The van der Waals surface area contributed by atoms with Crippen LogP contribution in [0.5, 0.6) is 0 Å². The maximum atomic E-state index is 12.9. The molecule has 0 unspecified atom stereocenters. The number of amides is 1. The minimum Gasteiger partial charge on any atom is -0.381 e. The van der Waals surface area contributed by atoms with E-state index in [0.717, 1.165) is 5.56 Å². The maximum Gasteiger partial charge on any atom is 0.226 e. The fourth-order valence-corrected chi connectivity index (χ4v) is 5.15. The van der Waals surface area contributed by atoms with Gasteiger partial charge in [-0.25, -0.2) is 8.42 Å². The predicted molar refractivity (Wildman–Crippen MR) is 87.8 cm³/mol. The molecule has 126 valence electrons. The largest absolute Gasteiger partial charge is 0.381 e. The van der Waals surface area contributed by atoms with E-state index >= 15 is 0 Å². The molecule has 1 N–H and O–H groups in total. The molecule has 1 aromatic rings. The minimum atomic E-state index is -2.99. The molecule has 5 nitrogen and oxygen atoms in total. The SMILES string of the molecule is O=C(N[C@@H]1CCS(=O)(=O)C1)C1(Cc2ccccc2)CCOCC1. The van der Waals surface area contributed by atoms with Crippen LogP contribution in [0.3, 0.4) is 0 Å². The minimum absolute atomic E-state index is 0.0215. The number of carbonyl (C=O) groups excluding carboxylic acids is 1. The van der Waals surface area contributed by atoms with Crippen LogP contribution < -0.4 is 5.32 Å². The van der Waals surface area contributed by atoms with Crippen LogP contribution in [0.2, 0.25) is 0 Å². The summed E-state index contributed by atoms with van der Waals surface area (Å²) in [5.74, 6) is 0.218. The molecule has 0 radical (unpaired) electrons. The molecule has 2 saturated heterocycles. The number of hydrogen-bond acceptors (Lipinski definition) is 4. The summed E-state index contributed by atoms with van der Waals surface area (Å²) in [6.07, 6.45) is 2.54. The highest BCUT2D eigenvalue weighted by molar-refractivity contribution is 7.91. The Kier molecular flexibility index (Phi) is 4.73. The van der Waals surface area contributed by atoms with Crippen molar-refractivity contribution < 1.29 is 17.9 Å². The molecule has 2 aliphatic rings. The highest BCUT2D eigenvalue weighted by Crippen LogP contribution is 2.35. The molecule has 1 aromatic carbocycles. The van der Waals surface area contributed by atoms with E-state index in [1.807, 2.05) is 30.3 Å². The van der Waals surface area contributed by atoms with Gasteiger partial charge < -0.3 is 10.1 Å². The average molecular weight is 337 g/mol. The lowest BCUT2D eigenvalue weighted by molar-refractivity contribution is -0.137. The van der Waals surface area contributed by atoms with E-state index in [1.54, 1.807) is 0 Å². The zero-order chi connectivity index (χ0) is 16.3. The third-order valence-electron chi connectivity index (χ3n) is 4.88. The van der Waals surface area contributed by atoms with Crippen molar-refractivity contribution in [2.24, 2.45) is 5.41 Å². The van der Waals surface area contributed by atoms with Crippen molar-refractivity contribution >= 4 is 15.7 Å². The fraction of sp³-hybridized carbons (Fsp3) is 0.588. The van der Waals surface area contributed by atoms with E-state index in [-0.39, 0.29) is 23.5 Å². The number of nitrogens with one attached hydrogen (secondary N) is 1. The lowest BCUT2D eigenvalue weighted by Gasteiger charge is -2.36. The quantitative estimate of drug-likeness (QED) is 0.900. The smallest absolute Gasteiger partial charge is 0.226 e. The zero-order valence-electron chi connectivity index (χ0n) is 13.2. The first-order valence-electron chi connectivity index (χ1n) is 8.12. The molecule has 2 heterocycles. The van der Waals surface area contributed by atoms with Gasteiger partial charge >= 0.3 is 0 Å². The van der Waals surface area contributed by atoms with Gasteiger partial charge in [-0.1, -0.05) is 30.3 Å². The first-order chi connectivity index (χ1) is 11.0. The number of benzene rings is 1. The van der Waals surface area contributed by atoms with Crippen molar-refractivity contribution in [3.05, 3.63) is 35.9 Å². The fourth-order valence-electron chi connectivity index (χ4n) is 3.48. The predicted octanol–water partition coefficient (Wildman–Crippen LogP) is 1.33. The van der Waals surface area contributed by atoms with Gasteiger partial charge in [-0.15, -0.1) is 0 Å². The number of ether oxygens (including phenoxy) is 1. The van der Waals surface area contributed by atoms with Gasteiger partial charge in [0.2, 0.25) is 5.91 Å². The third-order valence-corrected chi connectivity index (χ3v) is 6.65. The first-order valence-corrected chi connectivity index (χ1v) is 9.94. The Morgan fingerprint density at radius 3 is 2.52 bits per heavy atom. The van der Waals surface area contributed by atoms with Crippen LogP contribution in [0, 0.1) is 5.41 Å². The first kappa shape index (κ1) is 16.5. The topological polar surface area (TPSA) is 72.5 Å². The highest BCUT2D eigenvalue weighted by atomic mass is 32.2. The van der Waals surface area contributed by atoms with Crippen molar-refractivity contribution in [1.82, 2.24) is 5.32 Å². The van der Waals surface area contributed by atoms with E-state index < -0.39 is 15.3 Å². The molecule has 23 heavy (non-hydrogen) atoms. The van der Waals surface area contributed by atoms with Crippen molar-refractivity contribution in [3.63, 3.8) is 0 Å². The van der Waals surface area contributed by atoms with E-state index in [9.17, 15) is 13.2 Å². The molecule has 2 fully saturated rings. The van der Waals surface area contributed by atoms with E-state index in [4.69, 9.17) is 4.74 Å². The van der Waals surface area contributed by atoms with Crippen LogP contribution in [0.25, 0.3) is 0 Å². The van der Waals surface area contributed by atoms with Crippen LogP contribution in [0.1, 0.15) is 24.8 Å². The molecule has 1 atom stereocenters. The van der Waals surface area contributed by atoms with Gasteiger partial charge in [0.15, 0.2) is 9.84 Å². The summed E-state index contributed by atoms with van der Waals surface area (Å²) in [5, 5.41) is 2.99. The Hall–Kier alpha value is -1.40. The third kappa shape index (κ3) is 3.93. The maximum absolute atomic E-state index is 12.9. The molecule has 0 bridgehead atoms. The highest BCUT2D eigenvalue weighted by Gasteiger charge is 2.42. The summed E-state index contributed by atoms with van der Waals surface area (Å²) in [5.41, 5.74) is 0.634. The number of carbonyl (C=O) groups is 1. The van der Waals surface area contributed by atoms with Crippen LogP contribution >= 0.6 is 0 Å². The Morgan fingerprint density at radius 2 is 1.91 bits per heavy atom. The Balaban J connectivity index is 1.74. The van der Waals surface area contributed by atoms with Gasteiger partial charge in [0, 0.05) is 19.3 Å². The van der Waals surface area contributed by atoms with Gasteiger partial charge in [-0.2, -0.15) is 0 Å². The van der Waals surface area contributed by atoms with E-state index in [2.05, 4.69) is 5.32 Å². The molecule has 3 rings (SSSR count).